The SMILES string of the molecule is CN1CCN(CCCN2c3ccccc3Sc3ccc(Cl)cc32)CC1.O=C(O)/C=C\C(=O)O.O=C(O)/C=C\C(=O)O.O=C(O)/C=C\C(=O)O.O=C(O)/C=C\C(=O)O. The van der Waals surface area contributed by atoms with Crippen molar-refractivity contribution in [1.82, 2.24) is 9.80 Å². The third-order valence-corrected chi connectivity index (χ3v) is 7.88. The number of para-hydroxylation sites is 1. The maximum absolute atomic E-state index is 9.55. The molecule has 0 amide bonds. The van der Waals surface area contributed by atoms with E-state index in [0.717, 1.165) is 24.5 Å². The highest BCUT2D eigenvalue weighted by Gasteiger charge is 2.23. The highest BCUT2D eigenvalue weighted by Crippen LogP contribution is 2.48. The summed E-state index contributed by atoms with van der Waals surface area (Å²) in [5.41, 5.74) is 2.55. The van der Waals surface area contributed by atoms with E-state index in [4.69, 9.17) is 52.5 Å². The molecule has 0 spiro atoms. The molecule has 57 heavy (non-hydrogen) atoms. The van der Waals surface area contributed by atoms with E-state index in [0.29, 0.717) is 48.6 Å². The molecule has 2 aromatic carbocycles. The number of carboxylic acids is 8. The van der Waals surface area contributed by atoms with Crippen molar-refractivity contribution in [3.8, 4) is 0 Å². The highest BCUT2D eigenvalue weighted by molar-refractivity contribution is 7.99. The average Bonchev–Trinajstić information content (AvgIpc) is 3.13. The zero-order valence-electron chi connectivity index (χ0n) is 30.1. The number of aliphatic carboxylic acids is 8. The average molecular weight is 838 g/mol. The van der Waals surface area contributed by atoms with Crippen molar-refractivity contribution in [2.75, 3.05) is 51.2 Å². The topological polar surface area (TPSA) is 308 Å². The molecule has 0 aromatic heterocycles. The zero-order chi connectivity index (χ0) is 43.5. The van der Waals surface area contributed by atoms with E-state index in [1.807, 2.05) is 17.8 Å². The third-order valence-electron chi connectivity index (χ3n) is 6.51. The molecule has 8 N–H and O–H groups in total. The molecule has 4 rings (SSSR count). The second-order valence-corrected chi connectivity index (χ2v) is 12.4. The first kappa shape index (κ1) is 50.5. The predicted octanol–water partition coefficient (Wildman–Crippen LogP) is 3.43. The fraction of sp³-hybridized carbons (Fsp3) is 0.222. The Labute approximate surface area is 334 Å². The highest BCUT2D eigenvalue weighted by atomic mass is 35.5. The first-order valence-electron chi connectivity index (χ1n) is 16.0. The molecule has 0 bridgehead atoms. The number of rotatable bonds is 12. The van der Waals surface area contributed by atoms with Crippen LogP contribution in [0.1, 0.15) is 6.42 Å². The largest absolute Gasteiger partial charge is 0.478 e. The molecule has 19 nitrogen and oxygen atoms in total. The molecule has 21 heteroatoms. The van der Waals surface area contributed by atoms with Gasteiger partial charge < -0.3 is 55.6 Å². The minimum Gasteiger partial charge on any atom is -0.478 e. The van der Waals surface area contributed by atoms with Gasteiger partial charge in [-0.05, 0) is 50.3 Å². The number of nitrogens with zero attached hydrogens (tertiary/aromatic N) is 3. The number of hydrogen-bond donors (Lipinski definition) is 8. The number of likely N-dealkylation sites (N-methyl/N-ethyl adjacent to an activating group) is 1. The van der Waals surface area contributed by atoms with E-state index in [1.54, 1.807) is 0 Å². The van der Waals surface area contributed by atoms with Crippen LogP contribution in [0.4, 0.5) is 11.4 Å². The van der Waals surface area contributed by atoms with Gasteiger partial charge in [-0.2, -0.15) is 0 Å². The molecule has 2 aliphatic heterocycles. The van der Waals surface area contributed by atoms with Crippen LogP contribution in [0.25, 0.3) is 0 Å². The quantitative estimate of drug-likeness (QED) is 0.142. The fourth-order valence-corrected chi connectivity index (χ4v) is 5.38. The molecular weight excluding hydrogens is 798 g/mol. The molecule has 308 valence electrons. The Balaban J connectivity index is 0.000000810. The van der Waals surface area contributed by atoms with Crippen LogP contribution >= 0.6 is 23.4 Å². The molecule has 2 aromatic rings. The summed E-state index contributed by atoms with van der Waals surface area (Å²) in [5, 5.41) is 63.3. The second-order valence-electron chi connectivity index (χ2n) is 10.9. The Morgan fingerprint density at radius 1 is 0.544 bits per heavy atom. The van der Waals surface area contributed by atoms with E-state index in [2.05, 4.69) is 58.1 Å². The molecular formula is C36H40ClN3O16S. The molecule has 2 aliphatic rings. The normalized spacial score (nSPS) is 13.3. The lowest BCUT2D eigenvalue weighted by Crippen LogP contribution is -2.45. The summed E-state index contributed by atoms with van der Waals surface area (Å²) in [6.45, 7) is 6.92. The third kappa shape index (κ3) is 26.0. The molecule has 0 radical (unpaired) electrons. The van der Waals surface area contributed by atoms with Gasteiger partial charge in [0.05, 0.1) is 11.4 Å². The summed E-state index contributed by atoms with van der Waals surface area (Å²) >= 11 is 8.13. The minimum absolute atomic E-state index is 0.558. The Morgan fingerprint density at radius 3 is 1.30 bits per heavy atom. The fourth-order valence-electron chi connectivity index (χ4n) is 4.14. The van der Waals surface area contributed by atoms with Crippen LogP contribution in [0.2, 0.25) is 5.02 Å². The monoisotopic (exact) mass is 837 g/mol. The number of hydrogen-bond acceptors (Lipinski definition) is 12. The number of anilines is 2. The van der Waals surface area contributed by atoms with Crippen LogP contribution in [0.5, 0.6) is 0 Å². The van der Waals surface area contributed by atoms with Gasteiger partial charge in [-0.3, -0.25) is 0 Å². The summed E-state index contributed by atoms with van der Waals surface area (Å²) in [6.07, 6.45) is 5.62. The van der Waals surface area contributed by atoms with Crippen LogP contribution in [-0.2, 0) is 38.4 Å². The smallest absolute Gasteiger partial charge is 0.328 e. The second kappa shape index (κ2) is 28.0. The van der Waals surface area contributed by atoms with Crippen LogP contribution < -0.4 is 4.90 Å². The summed E-state index contributed by atoms with van der Waals surface area (Å²) in [4.78, 5) is 86.5. The molecule has 0 unspecified atom stereocenters. The Bertz CT molecular complexity index is 1640. The zero-order valence-corrected chi connectivity index (χ0v) is 31.7. The number of piperazine rings is 1. The van der Waals surface area contributed by atoms with Gasteiger partial charge in [-0.15, -0.1) is 0 Å². The Hall–Kier alpha value is -6.48. The molecule has 1 fully saturated rings. The number of fused-ring (bicyclic) bond motifs is 2. The van der Waals surface area contributed by atoms with Gasteiger partial charge in [0.1, 0.15) is 0 Å². The van der Waals surface area contributed by atoms with Crippen LogP contribution in [0.15, 0.2) is 101 Å². The lowest BCUT2D eigenvalue weighted by atomic mass is 10.2. The van der Waals surface area contributed by atoms with Gasteiger partial charge in [-0.1, -0.05) is 35.5 Å². The summed E-state index contributed by atoms with van der Waals surface area (Å²) in [7, 11) is 2.21. The standard InChI is InChI=1S/C20H24ClN3S.4C4H4O4/c1-22-11-13-23(14-12-22)9-4-10-24-17-5-2-3-6-19(17)25-20-8-7-16(21)15-18(20)24;4*5-3(6)1-2-4(7)8/h2-3,5-8,15H,4,9-14H2,1H3;4*1-2H,(H,5,6)(H,7,8)/b;4*2-1-. The Morgan fingerprint density at radius 2 is 0.912 bits per heavy atom. The van der Waals surface area contributed by atoms with Gasteiger partial charge in [0.15, 0.2) is 0 Å². The number of halogens is 1. The molecule has 1 saturated heterocycles. The van der Waals surface area contributed by atoms with Crippen molar-refractivity contribution < 1.29 is 79.2 Å². The van der Waals surface area contributed by atoms with Crippen molar-refractivity contribution in [2.45, 2.75) is 16.2 Å². The van der Waals surface area contributed by atoms with Crippen molar-refractivity contribution in [3.05, 3.63) is 96.1 Å². The van der Waals surface area contributed by atoms with E-state index in [9.17, 15) is 38.4 Å². The van der Waals surface area contributed by atoms with Gasteiger partial charge in [-0.25, -0.2) is 38.4 Å². The number of benzene rings is 2. The molecule has 0 aliphatic carbocycles. The van der Waals surface area contributed by atoms with Crippen molar-refractivity contribution in [3.63, 3.8) is 0 Å². The molecule has 0 saturated carbocycles. The minimum atomic E-state index is -1.26. The maximum Gasteiger partial charge on any atom is 0.328 e. The van der Waals surface area contributed by atoms with Crippen LogP contribution in [-0.4, -0.2) is 145 Å². The summed E-state index contributed by atoms with van der Waals surface area (Å²) in [6, 6.07) is 14.9. The van der Waals surface area contributed by atoms with E-state index < -0.39 is 47.8 Å². The van der Waals surface area contributed by atoms with Gasteiger partial charge in [0.2, 0.25) is 0 Å². The van der Waals surface area contributed by atoms with Crippen LogP contribution in [0.3, 0.4) is 0 Å². The van der Waals surface area contributed by atoms with Gasteiger partial charge in [0, 0.05) is 96.1 Å². The lowest BCUT2D eigenvalue weighted by Gasteiger charge is -2.35. The Kier molecular flexibility index (Phi) is 24.8. The van der Waals surface area contributed by atoms with E-state index >= 15 is 0 Å². The van der Waals surface area contributed by atoms with E-state index in [1.165, 1.54) is 47.3 Å². The predicted molar refractivity (Wildman–Crippen MR) is 205 cm³/mol. The molecule has 2 heterocycles. The number of carbonyl (C=O) groups is 8. The molecule has 0 atom stereocenters. The summed E-state index contributed by atoms with van der Waals surface area (Å²) < 4.78 is 0. The number of carboxylic acid groups (broad SMARTS) is 8. The van der Waals surface area contributed by atoms with Crippen molar-refractivity contribution in [2.24, 2.45) is 0 Å². The van der Waals surface area contributed by atoms with Crippen molar-refractivity contribution in [1.29, 1.82) is 0 Å². The first-order valence-corrected chi connectivity index (χ1v) is 17.2. The first-order chi connectivity index (χ1) is 26.7. The van der Waals surface area contributed by atoms with Gasteiger partial charge >= 0.3 is 47.8 Å². The van der Waals surface area contributed by atoms with Crippen LogP contribution in [0, 0.1) is 0 Å². The maximum atomic E-state index is 9.55. The summed E-state index contributed by atoms with van der Waals surface area (Å²) in [5.74, 6) is -10.1. The van der Waals surface area contributed by atoms with E-state index in [-0.39, 0.29) is 0 Å². The lowest BCUT2D eigenvalue weighted by molar-refractivity contribution is -0.134. The van der Waals surface area contributed by atoms with Crippen molar-refractivity contribution >= 4 is 82.5 Å². The van der Waals surface area contributed by atoms with Gasteiger partial charge in [0.25, 0.3) is 0 Å².